The van der Waals surface area contributed by atoms with Crippen molar-refractivity contribution < 1.29 is 8.63 Å². The monoisotopic (exact) mass is 323 g/mol. The van der Waals surface area contributed by atoms with Crippen LogP contribution in [0.5, 0.6) is 0 Å². The van der Waals surface area contributed by atoms with Crippen molar-refractivity contribution >= 4 is 33.5 Å². The third-order valence-corrected chi connectivity index (χ3v) is 6.58. The quantitative estimate of drug-likeness (QED) is 0.695. The number of hydrogen-bond donors (Lipinski definition) is 0. The summed E-state index contributed by atoms with van der Waals surface area (Å²) < 4.78 is 18.0. The molecule has 0 aliphatic carbocycles. The van der Waals surface area contributed by atoms with Crippen LogP contribution in [0.2, 0.25) is 0 Å². The molecular formula is C14H13NO2S3. The Bertz CT molecular complexity index is 686. The summed E-state index contributed by atoms with van der Waals surface area (Å²) in [5.41, 5.74) is 0. The minimum absolute atomic E-state index is 0.00656. The molecule has 3 rings (SSSR count). The molecule has 0 aromatic carbocycles. The maximum Gasteiger partial charge on any atom is 0.207 e. The van der Waals surface area contributed by atoms with Gasteiger partial charge < -0.3 is 4.42 Å². The van der Waals surface area contributed by atoms with Gasteiger partial charge in [-0.15, -0.1) is 22.7 Å². The molecule has 0 unspecified atom stereocenters. The Kier molecular flexibility index (Phi) is 4.14. The van der Waals surface area contributed by atoms with E-state index in [0.717, 1.165) is 15.5 Å². The zero-order valence-electron chi connectivity index (χ0n) is 10.8. The van der Waals surface area contributed by atoms with E-state index in [1.807, 2.05) is 41.9 Å². The SMILES string of the molecule is C[C@@H](c1cccs1)[S@](=O)Cc1ncc(-c2cccs2)o1. The van der Waals surface area contributed by atoms with Crippen molar-refractivity contribution in [1.29, 1.82) is 0 Å². The number of oxazole rings is 1. The van der Waals surface area contributed by atoms with Crippen LogP contribution < -0.4 is 0 Å². The Morgan fingerprint density at radius 1 is 1.30 bits per heavy atom. The second-order valence-corrected chi connectivity index (χ2v) is 7.96. The normalized spacial score (nSPS) is 14.2. The molecule has 6 heteroatoms. The molecule has 3 aromatic heterocycles. The van der Waals surface area contributed by atoms with Crippen molar-refractivity contribution in [2.75, 3.05) is 0 Å². The second kappa shape index (κ2) is 6.03. The van der Waals surface area contributed by atoms with Crippen LogP contribution in [-0.2, 0) is 16.6 Å². The zero-order valence-corrected chi connectivity index (χ0v) is 13.3. The number of aromatic nitrogens is 1. The smallest absolute Gasteiger partial charge is 0.207 e. The van der Waals surface area contributed by atoms with Gasteiger partial charge in [0.2, 0.25) is 5.89 Å². The van der Waals surface area contributed by atoms with Gasteiger partial charge in [-0.05, 0) is 29.8 Å². The maximum absolute atomic E-state index is 12.3. The first kappa shape index (κ1) is 13.7. The zero-order chi connectivity index (χ0) is 13.9. The van der Waals surface area contributed by atoms with E-state index in [1.165, 1.54) is 0 Å². The highest BCUT2D eigenvalue weighted by Gasteiger charge is 2.17. The first-order valence-electron chi connectivity index (χ1n) is 6.13. The first-order chi connectivity index (χ1) is 9.74. The molecule has 0 aliphatic rings. The van der Waals surface area contributed by atoms with Crippen molar-refractivity contribution in [2.24, 2.45) is 0 Å². The molecule has 20 heavy (non-hydrogen) atoms. The van der Waals surface area contributed by atoms with Gasteiger partial charge >= 0.3 is 0 Å². The summed E-state index contributed by atoms with van der Waals surface area (Å²) >= 11 is 3.24. The van der Waals surface area contributed by atoms with Gasteiger partial charge in [-0.3, -0.25) is 4.21 Å². The highest BCUT2D eigenvalue weighted by atomic mass is 32.2. The lowest BCUT2D eigenvalue weighted by Gasteiger charge is -2.07. The van der Waals surface area contributed by atoms with E-state index < -0.39 is 10.8 Å². The highest BCUT2D eigenvalue weighted by molar-refractivity contribution is 7.84. The molecule has 0 spiro atoms. The van der Waals surface area contributed by atoms with Gasteiger partial charge in [0.05, 0.1) is 16.3 Å². The van der Waals surface area contributed by atoms with Crippen molar-refractivity contribution in [2.45, 2.75) is 17.9 Å². The molecule has 2 atom stereocenters. The summed E-state index contributed by atoms with van der Waals surface area (Å²) in [6.45, 7) is 1.98. The van der Waals surface area contributed by atoms with Crippen LogP contribution in [-0.4, -0.2) is 9.19 Å². The topological polar surface area (TPSA) is 43.1 Å². The van der Waals surface area contributed by atoms with Gasteiger partial charge in [0.1, 0.15) is 5.75 Å². The molecule has 0 bridgehead atoms. The van der Waals surface area contributed by atoms with E-state index in [9.17, 15) is 4.21 Å². The Morgan fingerprint density at radius 3 is 2.80 bits per heavy atom. The predicted molar refractivity (Wildman–Crippen MR) is 84.4 cm³/mol. The molecule has 0 radical (unpaired) electrons. The second-order valence-electron chi connectivity index (χ2n) is 4.28. The Morgan fingerprint density at radius 2 is 2.10 bits per heavy atom. The van der Waals surface area contributed by atoms with Gasteiger partial charge in [-0.25, -0.2) is 4.98 Å². The van der Waals surface area contributed by atoms with E-state index in [4.69, 9.17) is 4.42 Å². The fourth-order valence-electron chi connectivity index (χ4n) is 1.81. The summed E-state index contributed by atoms with van der Waals surface area (Å²) in [4.78, 5) is 6.40. The van der Waals surface area contributed by atoms with Crippen LogP contribution in [0, 0.1) is 0 Å². The average Bonchev–Trinajstić information content (AvgIpc) is 3.19. The van der Waals surface area contributed by atoms with E-state index in [0.29, 0.717) is 11.6 Å². The third kappa shape index (κ3) is 2.92. The van der Waals surface area contributed by atoms with Crippen molar-refractivity contribution in [3.63, 3.8) is 0 Å². The lowest BCUT2D eigenvalue weighted by Crippen LogP contribution is -2.04. The molecule has 3 nitrogen and oxygen atoms in total. The molecule has 0 fully saturated rings. The van der Waals surface area contributed by atoms with E-state index in [2.05, 4.69) is 4.98 Å². The maximum atomic E-state index is 12.3. The number of thiophene rings is 2. The lowest BCUT2D eigenvalue weighted by molar-refractivity contribution is 0.527. The van der Waals surface area contributed by atoms with E-state index in [-0.39, 0.29) is 5.25 Å². The Hall–Kier alpha value is -1.24. The number of rotatable bonds is 5. The van der Waals surface area contributed by atoms with Gasteiger partial charge in [-0.2, -0.15) is 0 Å². The van der Waals surface area contributed by atoms with Gasteiger partial charge in [-0.1, -0.05) is 12.1 Å². The fraction of sp³-hybridized carbons (Fsp3) is 0.214. The minimum Gasteiger partial charge on any atom is -0.439 e. The molecule has 0 aliphatic heterocycles. The van der Waals surface area contributed by atoms with Gasteiger partial charge in [0, 0.05) is 15.7 Å². The summed E-state index contributed by atoms with van der Waals surface area (Å²) in [6.07, 6.45) is 1.70. The average molecular weight is 323 g/mol. The van der Waals surface area contributed by atoms with Crippen molar-refractivity contribution in [3.05, 3.63) is 52.0 Å². The minimum atomic E-state index is -1.02. The van der Waals surface area contributed by atoms with Crippen LogP contribution >= 0.6 is 22.7 Å². The highest BCUT2D eigenvalue weighted by Crippen LogP contribution is 2.28. The molecule has 0 amide bonds. The molecule has 3 heterocycles. The summed E-state index contributed by atoms with van der Waals surface area (Å²) in [5, 5.41) is 4.00. The standard InChI is InChI=1S/C14H13NO2S3/c1-10(12-4-2-6-18-12)20(16)9-14-15-8-11(17-14)13-5-3-7-19-13/h2-8,10H,9H2,1H3/t10-,20+/m0/s1. The third-order valence-electron chi connectivity index (χ3n) is 2.92. The number of hydrogen-bond acceptors (Lipinski definition) is 5. The van der Waals surface area contributed by atoms with Crippen LogP contribution in [0.3, 0.4) is 0 Å². The lowest BCUT2D eigenvalue weighted by atomic mass is 10.4. The molecule has 0 saturated carbocycles. The van der Waals surface area contributed by atoms with Crippen LogP contribution in [0.1, 0.15) is 22.9 Å². The van der Waals surface area contributed by atoms with Crippen molar-refractivity contribution in [1.82, 2.24) is 4.98 Å². The van der Waals surface area contributed by atoms with Gasteiger partial charge in [0.25, 0.3) is 0 Å². The van der Waals surface area contributed by atoms with Crippen LogP contribution in [0.15, 0.2) is 45.6 Å². The molecule has 0 N–H and O–H groups in total. The largest absolute Gasteiger partial charge is 0.439 e. The number of nitrogens with zero attached hydrogens (tertiary/aromatic N) is 1. The summed E-state index contributed by atoms with van der Waals surface area (Å²) in [6, 6.07) is 7.95. The van der Waals surface area contributed by atoms with Crippen LogP contribution in [0.4, 0.5) is 0 Å². The molecular weight excluding hydrogens is 310 g/mol. The fourth-order valence-corrected chi connectivity index (χ4v) is 4.60. The summed E-state index contributed by atoms with van der Waals surface area (Å²) in [5.74, 6) is 1.63. The van der Waals surface area contributed by atoms with E-state index >= 15 is 0 Å². The molecule has 0 saturated heterocycles. The van der Waals surface area contributed by atoms with E-state index in [1.54, 1.807) is 28.9 Å². The first-order valence-corrected chi connectivity index (χ1v) is 9.27. The predicted octanol–water partition coefficient (Wildman–Crippen LogP) is 4.47. The molecule has 104 valence electrons. The van der Waals surface area contributed by atoms with Gasteiger partial charge in [0.15, 0.2) is 5.76 Å². The Balaban J connectivity index is 1.70. The van der Waals surface area contributed by atoms with Crippen LogP contribution in [0.25, 0.3) is 10.6 Å². The summed E-state index contributed by atoms with van der Waals surface area (Å²) in [7, 11) is -1.02. The molecule has 3 aromatic rings. The Labute approximate surface area is 127 Å². The van der Waals surface area contributed by atoms with Crippen molar-refractivity contribution in [3.8, 4) is 10.6 Å².